The third-order valence-electron chi connectivity index (χ3n) is 3.19. The van der Waals surface area contributed by atoms with Crippen molar-refractivity contribution in [1.29, 1.82) is 0 Å². The molecule has 0 aliphatic carbocycles. The van der Waals surface area contributed by atoms with E-state index >= 15 is 0 Å². The number of nitrogens with zero attached hydrogens (tertiary/aromatic N) is 1. The number of hydrogen-bond donors (Lipinski definition) is 1. The van der Waals surface area contributed by atoms with Crippen LogP contribution in [0.4, 0.5) is 0 Å². The average molecular weight is 208 g/mol. The molecule has 0 aromatic rings. The van der Waals surface area contributed by atoms with Crippen LogP contribution in [0, 0.1) is 17.8 Å². The van der Waals surface area contributed by atoms with E-state index in [1.54, 1.807) is 0 Å². The molecule has 15 heavy (non-hydrogen) atoms. The third kappa shape index (κ3) is 5.20. The van der Waals surface area contributed by atoms with Gasteiger partial charge in [0.05, 0.1) is 0 Å². The topological polar surface area (TPSA) is 15.3 Å². The largest absolute Gasteiger partial charge is 0.316 e. The van der Waals surface area contributed by atoms with Crippen molar-refractivity contribution < 1.29 is 0 Å². The Bertz CT molecular complexity index is 206. The van der Waals surface area contributed by atoms with Crippen LogP contribution in [0.15, 0.2) is 0 Å². The van der Waals surface area contributed by atoms with E-state index in [-0.39, 0.29) is 0 Å². The predicted molar refractivity (Wildman–Crippen MR) is 65.8 cm³/mol. The molecule has 1 fully saturated rings. The lowest BCUT2D eigenvalue weighted by atomic mass is 9.97. The minimum absolute atomic E-state index is 0.891. The van der Waals surface area contributed by atoms with Crippen LogP contribution in [0.5, 0.6) is 0 Å². The molecule has 2 nitrogen and oxygen atoms in total. The van der Waals surface area contributed by atoms with Crippen molar-refractivity contribution in [3.8, 4) is 11.8 Å². The van der Waals surface area contributed by atoms with E-state index in [9.17, 15) is 0 Å². The molecule has 86 valence electrons. The highest BCUT2D eigenvalue weighted by Gasteiger charge is 2.16. The van der Waals surface area contributed by atoms with Crippen molar-refractivity contribution in [2.75, 3.05) is 32.7 Å². The molecule has 0 atom stereocenters. The lowest BCUT2D eigenvalue weighted by molar-refractivity contribution is 0.190. The van der Waals surface area contributed by atoms with Gasteiger partial charge in [0.15, 0.2) is 0 Å². The molecule has 1 heterocycles. The zero-order valence-electron chi connectivity index (χ0n) is 10.2. The van der Waals surface area contributed by atoms with Crippen molar-refractivity contribution in [3.63, 3.8) is 0 Å². The average Bonchev–Trinajstić information content (AvgIpc) is 2.30. The van der Waals surface area contributed by atoms with E-state index in [0.717, 1.165) is 18.9 Å². The number of piperidine rings is 1. The summed E-state index contributed by atoms with van der Waals surface area (Å²) in [5.41, 5.74) is 0. The number of likely N-dealkylation sites (tertiary alicyclic amines) is 1. The van der Waals surface area contributed by atoms with Crippen LogP contribution in [-0.4, -0.2) is 37.6 Å². The molecule has 1 aliphatic rings. The summed E-state index contributed by atoms with van der Waals surface area (Å²) >= 11 is 0. The van der Waals surface area contributed by atoms with Gasteiger partial charge < -0.3 is 10.2 Å². The third-order valence-corrected chi connectivity index (χ3v) is 3.19. The van der Waals surface area contributed by atoms with E-state index < -0.39 is 0 Å². The fourth-order valence-corrected chi connectivity index (χ4v) is 2.09. The second kappa shape index (κ2) is 7.73. The Morgan fingerprint density at radius 1 is 1.33 bits per heavy atom. The van der Waals surface area contributed by atoms with Crippen LogP contribution in [0.2, 0.25) is 0 Å². The van der Waals surface area contributed by atoms with Gasteiger partial charge in [-0.15, -0.1) is 11.8 Å². The van der Waals surface area contributed by atoms with Crippen molar-refractivity contribution in [1.82, 2.24) is 10.2 Å². The van der Waals surface area contributed by atoms with E-state index in [1.807, 2.05) is 6.92 Å². The summed E-state index contributed by atoms with van der Waals surface area (Å²) < 4.78 is 0. The maximum atomic E-state index is 3.50. The molecule has 1 aliphatic heterocycles. The van der Waals surface area contributed by atoms with E-state index in [4.69, 9.17) is 0 Å². The smallest absolute Gasteiger partial charge is 0.0214 e. The van der Waals surface area contributed by atoms with Gasteiger partial charge >= 0.3 is 0 Å². The normalized spacial score (nSPS) is 18.5. The lowest BCUT2D eigenvalue weighted by Crippen LogP contribution is -2.37. The Labute approximate surface area is 94.4 Å². The highest BCUT2D eigenvalue weighted by molar-refractivity contribution is 4.95. The Balaban J connectivity index is 2.00. The molecular formula is C13H24N2. The summed E-state index contributed by atoms with van der Waals surface area (Å²) in [5.74, 6) is 6.90. The quantitative estimate of drug-likeness (QED) is 0.547. The summed E-state index contributed by atoms with van der Waals surface area (Å²) in [6, 6.07) is 0. The Morgan fingerprint density at radius 3 is 2.67 bits per heavy atom. The van der Waals surface area contributed by atoms with E-state index in [0.29, 0.717) is 0 Å². The minimum atomic E-state index is 0.891. The first kappa shape index (κ1) is 12.5. The number of nitrogens with one attached hydrogen (secondary N) is 1. The van der Waals surface area contributed by atoms with Crippen molar-refractivity contribution in [2.24, 2.45) is 5.92 Å². The monoisotopic (exact) mass is 208 g/mol. The summed E-state index contributed by atoms with van der Waals surface area (Å²) in [7, 11) is 0. The molecule has 2 heteroatoms. The Kier molecular flexibility index (Phi) is 6.47. The summed E-state index contributed by atoms with van der Waals surface area (Å²) in [6.45, 7) is 10.2. The fraction of sp³-hybridized carbons (Fsp3) is 0.846. The van der Waals surface area contributed by atoms with Gasteiger partial charge in [0, 0.05) is 13.0 Å². The molecule has 0 radical (unpaired) electrons. The second-order valence-corrected chi connectivity index (χ2v) is 4.26. The van der Waals surface area contributed by atoms with Crippen molar-refractivity contribution in [3.05, 3.63) is 0 Å². The van der Waals surface area contributed by atoms with Crippen molar-refractivity contribution in [2.45, 2.75) is 33.1 Å². The van der Waals surface area contributed by atoms with Crippen LogP contribution >= 0.6 is 0 Å². The molecule has 1 rings (SSSR count). The summed E-state index contributed by atoms with van der Waals surface area (Å²) in [5, 5.41) is 3.50. The van der Waals surface area contributed by atoms with Gasteiger partial charge in [0.25, 0.3) is 0 Å². The number of hydrogen-bond acceptors (Lipinski definition) is 2. The highest BCUT2D eigenvalue weighted by Crippen LogP contribution is 2.15. The Hall–Kier alpha value is -0.520. The Morgan fingerprint density at radius 2 is 2.07 bits per heavy atom. The van der Waals surface area contributed by atoms with Gasteiger partial charge in [-0.05, 0) is 51.9 Å². The van der Waals surface area contributed by atoms with Gasteiger partial charge in [-0.1, -0.05) is 6.92 Å². The molecule has 0 unspecified atom stereocenters. The molecule has 0 aromatic heterocycles. The standard InChI is InChI=1S/C13H24N2/c1-3-5-6-9-14-12-13-7-10-15(4-2)11-8-13/h13-14H,4,6-12H2,1-2H3. The first-order valence-corrected chi connectivity index (χ1v) is 6.19. The summed E-state index contributed by atoms with van der Waals surface area (Å²) in [4.78, 5) is 2.54. The maximum absolute atomic E-state index is 3.50. The van der Waals surface area contributed by atoms with E-state index in [1.165, 1.54) is 39.0 Å². The van der Waals surface area contributed by atoms with Gasteiger partial charge in [0.2, 0.25) is 0 Å². The fourth-order valence-electron chi connectivity index (χ4n) is 2.09. The molecule has 0 spiro atoms. The predicted octanol–water partition coefficient (Wildman–Crippen LogP) is 1.72. The van der Waals surface area contributed by atoms with Crippen LogP contribution in [0.3, 0.4) is 0 Å². The van der Waals surface area contributed by atoms with Crippen molar-refractivity contribution >= 4 is 0 Å². The molecular weight excluding hydrogens is 184 g/mol. The maximum Gasteiger partial charge on any atom is 0.0214 e. The molecule has 1 saturated heterocycles. The molecule has 1 N–H and O–H groups in total. The van der Waals surface area contributed by atoms with Crippen LogP contribution in [0.1, 0.15) is 33.1 Å². The van der Waals surface area contributed by atoms with Crippen LogP contribution < -0.4 is 5.32 Å². The molecule has 0 aromatic carbocycles. The minimum Gasteiger partial charge on any atom is -0.316 e. The number of rotatable bonds is 5. The van der Waals surface area contributed by atoms with Gasteiger partial charge in [-0.2, -0.15) is 0 Å². The SMILES string of the molecule is CC#CCCNCC1CCN(CC)CC1. The molecule has 0 saturated carbocycles. The van der Waals surface area contributed by atoms with Gasteiger partial charge in [-0.3, -0.25) is 0 Å². The van der Waals surface area contributed by atoms with Gasteiger partial charge in [0.1, 0.15) is 0 Å². The molecule has 0 bridgehead atoms. The second-order valence-electron chi connectivity index (χ2n) is 4.26. The first-order chi connectivity index (χ1) is 7.36. The van der Waals surface area contributed by atoms with E-state index in [2.05, 4.69) is 29.0 Å². The zero-order chi connectivity index (χ0) is 10.9. The molecule has 0 amide bonds. The lowest BCUT2D eigenvalue weighted by Gasteiger charge is -2.31. The van der Waals surface area contributed by atoms with Gasteiger partial charge in [-0.25, -0.2) is 0 Å². The summed E-state index contributed by atoms with van der Waals surface area (Å²) in [6.07, 6.45) is 3.71. The van der Waals surface area contributed by atoms with Crippen LogP contribution in [0.25, 0.3) is 0 Å². The van der Waals surface area contributed by atoms with Crippen LogP contribution in [-0.2, 0) is 0 Å². The highest BCUT2D eigenvalue weighted by atomic mass is 15.1. The first-order valence-electron chi connectivity index (χ1n) is 6.19. The zero-order valence-corrected chi connectivity index (χ0v) is 10.2.